The SMILES string of the molecule is CC.CC.Cc1cc(CO)ccc1C(C)C. The third-order valence-electron chi connectivity index (χ3n) is 2.14. The van der Waals surface area contributed by atoms with E-state index < -0.39 is 0 Å². The van der Waals surface area contributed by atoms with Gasteiger partial charge in [-0.3, -0.25) is 0 Å². The molecule has 0 heterocycles. The fourth-order valence-corrected chi connectivity index (χ4v) is 1.48. The molecule has 1 aromatic carbocycles. The van der Waals surface area contributed by atoms with Crippen molar-refractivity contribution in [1.82, 2.24) is 0 Å². The molecular weight excluding hydrogens is 196 g/mol. The lowest BCUT2D eigenvalue weighted by molar-refractivity contribution is 0.281. The van der Waals surface area contributed by atoms with Gasteiger partial charge in [-0.25, -0.2) is 0 Å². The molecule has 1 N–H and O–H groups in total. The van der Waals surface area contributed by atoms with Crippen LogP contribution in [-0.4, -0.2) is 5.11 Å². The first-order chi connectivity index (χ1) is 7.65. The van der Waals surface area contributed by atoms with Crippen LogP contribution in [0.5, 0.6) is 0 Å². The van der Waals surface area contributed by atoms with E-state index in [0.717, 1.165) is 5.56 Å². The van der Waals surface area contributed by atoms with Gasteiger partial charge in [-0.2, -0.15) is 0 Å². The van der Waals surface area contributed by atoms with Crippen molar-refractivity contribution in [3.63, 3.8) is 0 Å². The van der Waals surface area contributed by atoms with Crippen LogP contribution in [0.15, 0.2) is 18.2 Å². The molecule has 0 unspecified atom stereocenters. The number of aliphatic hydroxyl groups excluding tert-OH is 1. The summed E-state index contributed by atoms with van der Waals surface area (Å²) >= 11 is 0. The smallest absolute Gasteiger partial charge is 0.0681 e. The van der Waals surface area contributed by atoms with E-state index in [9.17, 15) is 0 Å². The molecule has 0 aliphatic heterocycles. The van der Waals surface area contributed by atoms with E-state index in [1.807, 2.05) is 33.8 Å². The summed E-state index contributed by atoms with van der Waals surface area (Å²) in [5, 5.41) is 8.89. The maximum absolute atomic E-state index is 8.89. The Morgan fingerprint density at radius 3 is 1.88 bits per heavy atom. The lowest BCUT2D eigenvalue weighted by atomic mass is 9.96. The van der Waals surface area contributed by atoms with Crippen molar-refractivity contribution in [2.24, 2.45) is 0 Å². The van der Waals surface area contributed by atoms with Crippen LogP contribution in [0.2, 0.25) is 0 Å². The Hall–Kier alpha value is -0.820. The topological polar surface area (TPSA) is 20.2 Å². The summed E-state index contributed by atoms with van der Waals surface area (Å²) in [5.41, 5.74) is 3.64. The van der Waals surface area contributed by atoms with Gasteiger partial charge in [0.05, 0.1) is 6.61 Å². The molecule has 0 spiro atoms. The largest absolute Gasteiger partial charge is 0.392 e. The number of aliphatic hydroxyl groups is 1. The van der Waals surface area contributed by atoms with Crippen molar-refractivity contribution in [3.05, 3.63) is 34.9 Å². The molecule has 0 atom stereocenters. The van der Waals surface area contributed by atoms with Crippen LogP contribution < -0.4 is 0 Å². The highest BCUT2D eigenvalue weighted by Gasteiger charge is 2.02. The molecule has 0 aliphatic carbocycles. The first-order valence-corrected chi connectivity index (χ1v) is 6.35. The molecule has 0 aromatic heterocycles. The Morgan fingerprint density at radius 2 is 1.56 bits per heavy atom. The van der Waals surface area contributed by atoms with Crippen molar-refractivity contribution in [2.75, 3.05) is 0 Å². The zero-order valence-electron chi connectivity index (χ0n) is 12.0. The molecule has 1 aromatic rings. The molecule has 16 heavy (non-hydrogen) atoms. The van der Waals surface area contributed by atoms with E-state index in [-0.39, 0.29) is 6.61 Å². The third kappa shape index (κ3) is 5.92. The van der Waals surface area contributed by atoms with Crippen molar-refractivity contribution in [1.29, 1.82) is 0 Å². The Labute approximate surface area is 102 Å². The van der Waals surface area contributed by atoms with Crippen LogP contribution in [0, 0.1) is 6.92 Å². The van der Waals surface area contributed by atoms with Gasteiger partial charge in [-0.1, -0.05) is 59.7 Å². The van der Waals surface area contributed by atoms with E-state index in [0.29, 0.717) is 5.92 Å². The second-order valence-electron chi connectivity index (χ2n) is 3.50. The van der Waals surface area contributed by atoms with Gasteiger partial charge in [0, 0.05) is 0 Å². The molecule has 0 fully saturated rings. The van der Waals surface area contributed by atoms with Gasteiger partial charge in [0.2, 0.25) is 0 Å². The molecule has 0 amide bonds. The maximum Gasteiger partial charge on any atom is 0.0681 e. The number of aryl methyl sites for hydroxylation is 1. The molecule has 0 saturated carbocycles. The standard InChI is InChI=1S/C11H16O.2C2H6/c1-8(2)11-5-4-10(7-12)6-9(11)3;2*1-2/h4-6,8,12H,7H2,1-3H3;2*1-2H3. The lowest BCUT2D eigenvalue weighted by Gasteiger charge is -2.10. The highest BCUT2D eigenvalue weighted by molar-refractivity contribution is 5.32. The molecule has 0 saturated heterocycles. The van der Waals surface area contributed by atoms with Gasteiger partial charge in [0.1, 0.15) is 0 Å². The van der Waals surface area contributed by atoms with E-state index >= 15 is 0 Å². The minimum absolute atomic E-state index is 0.138. The average molecular weight is 224 g/mol. The molecule has 0 aliphatic rings. The van der Waals surface area contributed by atoms with Gasteiger partial charge in [0.15, 0.2) is 0 Å². The first-order valence-electron chi connectivity index (χ1n) is 6.35. The van der Waals surface area contributed by atoms with Crippen molar-refractivity contribution < 1.29 is 5.11 Å². The second kappa shape index (κ2) is 10.7. The number of hydrogen-bond acceptors (Lipinski definition) is 1. The summed E-state index contributed by atoms with van der Waals surface area (Å²) in [6.07, 6.45) is 0. The number of rotatable bonds is 2. The monoisotopic (exact) mass is 224 g/mol. The van der Waals surface area contributed by atoms with E-state index in [2.05, 4.69) is 32.9 Å². The summed E-state index contributed by atoms with van der Waals surface area (Å²) in [6, 6.07) is 6.14. The van der Waals surface area contributed by atoms with Crippen molar-refractivity contribution in [3.8, 4) is 0 Å². The Morgan fingerprint density at radius 1 is 1.06 bits per heavy atom. The zero-order chi connectivity index (χ0) is 13.1. The van der Waals surface area contributed by atoms with Gasteiger partial charge in [-0.15, -0.1) is 0 Å². The average Bonchev–Trinajstić information content (AvgIpc) is 2.33. The predicted molar refractivity (Wildman–Crippen MR) is 73.9 cm³/mol. The fraction of sp³-hybridized carbons (Fsp3) is 0.600. The second-order valence-corrected chi connectivity index (χ2v) is 3.50. The van der Waals surface area contributed by atoms with Gasteiger partial charge in [0.25, 0.3) is 0 Å². The van der Waals surface area contributed by atoms with Gasteiger partial charge in [-0.05, 0) is 29.5 Å². The summed E-state index contributed by atoms with van der Waals surface area (Å²) < 4.78 is 0. The Balaban J connectivity index is 0. The van der Waals surface area contributed by atoms with E-state index in [1.54, 1.807) is 0 Å². The molecule has 0 radical (unpaired) electrons. The molecule has 94 valence electrons. The minimum Gasteiger partial charge on any atom is -0.392 e. The Kier molecular flexibility index (Phi) is 11.7. The molecule has 1 rings (SSSR count). The maximum atomic E-state index is 8.89. The minimum atomic E-state index is 0.138. The van der Waals surface area contributed by atoms with Gasteiger partial charge >= 0.3 is 0 Å². The number of hydrogen-bond donors (Lipinski definition) is 1. The fourth-order valence-electron chi connectivity index (χ4n) is 1.48. The van der Waals surface area contributed by atoms with E-state index in [1.165, 1.54) is 11.1 Å². The summed E-state index contributed by atoms with van der Waals surface area (Å²) in [6.45, 7) is 14.6. The molecule has 1 heteroatoms. The summed E-state index contributed by atoms with van der Waals surface area (Å²) in [7, 11) is 0. The normalized spacial score (nSPS) is 8.81. The van der Waals surface area contributed by atoms with Crippen LogP contribution >= 0.6 is 0 Å². The molecule has 1 nitrogen and oxygen atoms in total. The molecule has 0 bridgehead atoms. The first kappa shape index (κ1) is 17.6. The van der Waals surface area contributed by atoms with Crippen LogP contribution in [0.1, 0.15) is 64.2 Å². The zero-order valence-corrected chi connectivity index (χ0v) is 12.0. The predicted octanol–water partition coefficient (Wildman–Crippen LogP) is 4.66. The molecular formula is C15H28O. The third-order valence-corrected chi connectivity index (χ3v) is 2.14. The van der Waals surface area contributed by atoms with Crippen LogP contribution in [0.3, 0.4) is 0 Å². The number of benzene rings is 1. The lowest BCUT2D eigenvalue weighted by Crippen LogP contribution is -1.93. The highest BCUT2D eigenvalue weighted by Crippen LogP contribution is 2.19. The van der Waals surface area contributed by atoms with Crippen molar-refractivity contribution in [2.45, 2.75) is 61.0 Å². The summed E-state index contributed by atoms with van der Waals surface area (Å²) in [5.74, 6) is 0.567. The van der Waals surface area contributed by atoms with Crippen LogP contribution in [0.25, 0.3) is 0 Å². The van der Waals surface area contributed by atoms with Gasteiger partial charge < -0.3 is 5.11 Å². The van der Waals surface area contributed by atoms with Crippen LogP contribution in [0.4, 0.5) is 0 Å². The van der Waals surface area contributed by atoms with Crippen molar-refractivity contribution >= 4 is 0 Å². The quantitative estimate of drug-likeness (QED) is 0.774. The van der Waals surface area contributed by atoms with Crippen LogP contribution in [-0.2, 0) is 6.61 Å². The van der Waals surface area contributed by atoms with E-state index in [4.69, 9.17) is 5.11 Å². The Bertz CT molecular complexity index is 264. The highest BCUT2D eigenvalue weighted by atomic mass is 16.3. The summed E-state index contributed by atoms with van der Waals surface area (Å²) in [4.78, 5) is 0.